The van der Waals surface area contributed by atoms with Crippen LogP contribution in [0.4, 0.5) is 5.82 Å². The number of anilines is 1. The van der Waals surface area contributed by atoms with Gasteiger partial charge in [0.25, 0.3) is 0 Å². The molecule has 2 aromatic heterocycles. The fourth-order valence-corrected chi connectivity index (χ4v) is 3.70. The molecule has 5 nitrogen and oxygen atoms in total. The molecule has 20 heavy (non-hydrogen) atoms. The van der Waals surface area contributed by atoms with Crippen molar-refractivity contribution in [1.29, 1.82) is 0 Å². The largest absolute Gasteiger partial charge is 0.388 e. The van der Waals surface area contributed by atoms with Crippen LogP contribution in [0, 0.1) is 6.92 Å². The monoisotopic (exact) mass is 293 g/mol. The van der Waals surface area contributed by atoms with Crippen molar-refractivity contribution < 1.29 is 9.84 Å². The van der Waals surface area contributed by atoms with E-state index in [2.05, 4.69) is 22.3 Å². The summed E-state index contributed by atoms with van der Waals surface area (Å²) in [6, 6.07) is 0. The van der Waals surface area contributed by atoms with Crippen LogP contribution in [0.15, 0.2) is 11.7 Å². The Bertz CT molecular complexity index is 607. The number of hydrogen-bond acceptors (Lipinski definition) is 6. The molecule has 0 aromatic carbocycles. The molecule has 0 radical (unpaired) electrons. The SMILES string of the molecule is Cc1csc2c(N(C)CC3(O)CCOCC3)ncnc12. The van der Waals surface area contributed by atoms with Gasteiger partial charge in [-0.05, 0) is 17.9 Å². The standard InChI is InChI=1S/C14H19N3O2S/c1-10-7-20-12-11(10)15-9-16-13(12)17(2)8-14(18)3-5-19-6-4-14/h7,9,18H,3-6,8H2,1-2H3. The van der Waals surface area contributed by atoms with Crippen LogP contribution < -0.4 is 4.90 Å². The molecular formula is C14H19N3O2S. The number of rotatable bonds is 3. The number of hydrogen-bond donors (Lipinski definition) is 1. The van der Waals surface area contributed by atoms with E-state index in [1.807, 2.05) is 11.9 Å². The summed E-state index contributed by atoms with van der Waals surface area (Å²) in [5, 5.41) is 12.7. The second-order valence-corrected chi connectivity index (χ2v) is 6.37. The molecule has 0 bridgehead atoms. The van der Waals surface area contributed by atoms with Crippen LogP contribution in [-0.4, -0.2) is 47.5 Å². The summed E-state index contributed by atoms with van der Waals surface area (Å²) in [5.41, 5.74) is 1.49. The van der Waals surface area contributed by atoms with Gasteiger partial charge in [-0.25, -0.2) is 9.97 Å². The zero-order chi connectivity index (χ0) is 14.2. The van der Waals surface area contributed by atoms with Crippen LogP contribution in [0.25, 0.3) is 10.2 Å². The van der Waals surface area contributed by atoms with Crippen molar-refractivity contribution in [1.82, 2.24) is 9.97 Å². The molecule has 1 aliphatic rings. The number of ether oxygens (including phenoxy) is 1. The van der Waals surface area contributed by atoms with Crippen LogP contribution in [0.1, 0.15) is 18.4 Å². The summed E-state index contributed by atoms with van der Waals surface area (Å²) in [6.07, 6.45) is 2.95. The van der Waals surface area contributed by atoms with E-state index in [-0.39, 0.29) is 0 Å². The van der Waals surface area contributed by atoms with E-state index in [9.17, 15) is 5.11 Å². The zero-order valence-electron chi connectivity index (χ0n) is 11.8. The predicted molar refractivity (Wildman–Crippen MR) is 80.4 cm³/mol. The lowest BCUT2D eigenvalue weighted by atomic mass is 9.94. The molecule has 2 aromatic rings. The average molecular weight is 293 g/mol. The van der Waals surface area contributed by atoms with Gasteiger partial charge in [0.2, 0.25) is 0 Å². The lowest BCUT2D eigenvalue weighted by Gasteiger charge is -2.35. The molecule has 0 spiro atoms. The molecule has 3 rings (SSSR count). The molecule has 0 amide bonds. The Morgan fingerprint density at radius 3 is 2.90 bits per heavy atom. The molecule has 0 unspecified atom stereocenters. The van der Waals surface area contributed by atoms with Gasteiger partial charge < -0.3 is 14.7 Å². The number of thiophene rings is 1. The third-order valence-corrected chi connectivity index (χ3v) is 4.91. The van der Waals surface area contributed by atoms with E-state index in [0.717, 1.165) is 16.0 Å². The summed E-state index contributed by atoms with van der Waals surface area (Å²) in [5.74, 6) is 0.896. The molecule has 1 aliphatic heterocycles. The van der Waals surface area contributed by atoms with Crippen LogP contribution in [0.5, 0.6) is 0 Å². The summed E-state index contributed by atoms with van der Waals surface area (Å²) < 4.78 is 6.41. The highest BCUT2D eigenvalue weighted by molar-refractivity contribution is 7.18. The van der Waals surface area contributed by atoms with Crippen molar-refractivity contribution in [2.45, 2.75) is 25.4 Å². The Balaban J connectivity index is 1.87. The van der Waals surface area contributed by atoms with E-state index in [0.29, 0.717) is 32.6 Å². The van der Waals surface area contributed by atoms with Crippen LogP contribution in [0.2, 0.25) is 0 Å². The summed E-state index contributed by atoms with van der Waals surface area (Å²) in [7, 11) is 1.98. The van der Waals surface area contributed by atoms with Gasteiger partial charge in [0.15, 0.2) is 0 Å². The highest BCUT2D eigenvalue weighted by atomic mass is 32.1. The van der Waals surface area contributed by atoms with Crippen molar-refractivity contribution in [3.63, 3.8) is 0 Å². The maximum atomic E-state index is 10.6. The number of aliphatic hydroxyl groups is 1. The van der Waals surface area contributed by atoms with Crippen LogP contribution in [0.3, 0.4) is 0 Å². The first-order valence-electron chi connectivity index (χ1n) is 6.79. The van der Waals surface area contributed by atoms with Crippen molar-refractivity contribution in [2.75, 3.05) is 31.7 Å². The quantitative estimate of drug-likeness (QED) is 0.937. The van der Waals surface area contributed by atoms with Crippen molar-refractivity contribution in [2.24, 2.45) is 0 Å². The molecule has 0 aliphatic carbocycles. The fraction of sp³-hybridized carbons (Fsp3) is 0.571. The van der Waals surface area contributed by atoms with Gasteiger partial charge >= 0.3 is 0 Å². The minimum absolute atomic E-state index is 0.569. The van der Waals surface area contributed by atoms with Gasteiger partial charge in [0.1, 0.15) is 12.1 Å². The predicted octanol–water partition coefficient (Wildman–Crippen LogP) is 1.98. The first-order chi connectivity index (χ1) is 9.59. The number of fused-ring (bicyclic) bond motifs is 1. The molecule has 3 heterocycles. The third kappa shape index (κ3) is 2.51. The summed E-state index contributed by atoms with van der Waals surface area (Å²) in [4.78, 5) is 10.8. The van der Waals surface area contributed by atoms with E-state index in [1.54, 1.807) is 17.7 Å². The molecule has 1 fully saturated rings. The Labute approximate surface area is 122 Å². The van der Waals surface area contributed by atoms with Gasteiger partial charge in [0.05, 0.1) is 15.8 Å². The van der Waals surface area contributed by atoms with Gasteiger partial charge in [0, 0.05) is 39.6 Å². The van der Waals surface area contributed by atoms with Gasteiger partial charge in [-0.3, -0.25) is 0 Å². The van der Waals surface area contributed by atoms with Crippen LogP contribution >= 0.6 is 11.3 Å². The number of likely N-dealkylation sites (N-methyl/N-ethyl adjacent to an activating group) is 1. The maximum Gasteiger partial charge on any atom is 0.149 e. The van der Waals surface area contributed by atoms with Crippen molar-refractivity contribution in [3.05, 3.63) is 17.3 Å². The van der Waals surface area contributed by atoms with Gasteiger partial charge in [-0.15, -0.1) is 11.3 Å². The van der Waals surface area contributed by atoms with Crippen LogP contribution in [-0.2, 0) is 4.74 Å². The highest BCUT2D eigenvalue weighted by Crippen LogP contribution is 2.32. The van der Waals surface area contributed by atoms with E-state index >= 15 is 0 Å². The maximum absolute atomic E-state index is 10.6. The minimum Gasteiger partial charge on any atom is -0.388 e. The van der Waals surface area contributed by atoms with E-state index in [1.165, 1.54) is 5.56 Å². The smallest absolute Gasteiger partial charge is 0.149 e. The minimum atomic E-state index is -0.684. The number of aryl methyl sites for hydroxylation is 1. The third-order valence-electron chi connectivity index (χ3n) is 3.83. The topological polar surface area (TPSA) is 58.5 Å². The zero-order valence-corrected chi connectivity index (χ0v) is 12.6. The number of nitrogens with zero attached hydrogens (tertiary/aromatic N) is 3. The fourth-order valence-electron chi connectivity index (χ4n) is 2.65. The Morgan fingerprint density at radius 2 is 2.15 bits per heavy atom. The Kier molecular flexibility index (Phi) is 3.62. The lowest BCUT2D eigenvalue weighted by molar-refractivity contribution is -0.0573. The lowest BCUT2D eigenvalue weighted by Crippen LogP contribution is -2.46. The summed E-state index contributed by atoms with van der Waals surface area (Å²) in [6.45, 7) is 3.88. The van der Waals surface area contributed by atoms with Crippen molar-refractivity contribution in [3.8, 4) is 0 Å². The van der Waals surface area contributed by atoms with E-state index in [4.69, 9.17) is 4.74 Å². The van der Waals surface area contributed by atoms with Gasteiger partial charge in [-0.1, -0.05) is 0 Å². The Hall–Kier alpha value is -1.24. The molecule has 1 saturated heterocycles. The number of aromatic nitrogens is 2. The summed E-state index contributed by atoms with van der Waals surface area (Å²) >= 11 is 1.66. The normalized spacial score (nSPS) is 18.4. The second kappa shape index (κ2) is 5.27. The molecular weight excluding hydrogens is 274 g/mol. The first-order valence-corrected chi connectivity index (χ1v) is 7.67. The van der Waals surface area contributed by atoms with E-state index < -0.39 is 5.60 Å². The highest BCUT2D eigenvalue weighted by Gasteiger charge is 2.32. The van der Waals surface area contributed by atoms with Gasteiger partial charge in [-0.2, -0.15) is 0 Å². The molecule has 0 saturated carbocycles. The molecule has 1 N–H and O–H groups in total. The average Bonchev–Trinajstić information content (AvgIpc) is 2.81. The first kappa shape index (κ1) is 13.7. The van der Waals surface area contributed by atoms with Crippen molar-refractivity contribution >= 4 is 27.4 Å². The Morgan fingerprint density at radius 1 is 1.40 bits per heavy atom. The molecule has 0 atom stereocenters. The molecule has 108 valence electrons. The molecule has 6 heteroatoms. The second-order valence-electron chi connectivity index (χ2n) is 5.49.